The lowest BCUT2D eigenvalue weighted by Crippen LogP contribution is -2.52. The molecule has 0 bridgehead atoms. The van der Waals surface area contributed by atoms with E-state index in [4.69, 9.17) is 19.2 Å². The number of hydrogen-bond donors (Lipinski definition) is 1. The standard InChI is InChI=1S/C55H40N2O9S4/c58-44-33-19-29-15-7-8-16-30(29)20-34(33)45(59)42(44)56-39-23-37-49(69-39)41-51(67-37)52-48(66-55(41,53(62)64-25-27-11-3-1-4-12-27)54(63)65-26-28-13-5-2-6-14-28)50-38(68-52)24-40(70-50)57-43-46(60)35-21-31-17-9-10-18-32(31)22-36(35)47(43)61/h1-6,9-14,17-18,21-24,29-30,33-34,43,57H,7-8,15-16,19-20,25-26H2. The third-order valence-electron chi connectivity index (χ3n) is 14.7. The molecule has 13 rings (SSSR count). The minimum Gasteiger partial charge on any atom is -0.457 e. The van der Waals surface area contributed by atoms with Crippen molar-refractivity contribution in [2.75, 3.05) is 5.32 Å². The van der Waals surface area contributed by atoms with Crippen molar-refractivity contribution in [3.05, 3.63) is 137 Å². The Kier molecular flexibility index (Phi) is 10.4. The smallest absolute Gasteiger partial charge is 0.367 e. The highest BCUT2D eigenvalue weighted by molar-refractivity contribution is 7.36. The number of hydrogen-bond acceptors (Lipinski definition) is 15. The molecule has 8 aromatic rings. The fourth-order valence-corrected chi connectivity index (χ4v) is 16.5. The zero-order valence-electron chi connectivity index (χ0n) is 37.2. The predicted molar refractivity (Wildman–Crippen MR) is 272 cm³/mol. The predicted octanol–water partition coefficient (Wildman–Crippen LogP) is 12.1. The SMILES string of the molecule is O=C1c2cc3ccccc3cc2C(=O)C1Nc1cc2sc3c(c2s1)OC(C(=O)OCc1ccccc1)(C(=O)OCc1ccccc1)c1c-3sc2cc(N=C3C(=O)C4CC5CCCCC5CC4C3=O)sc12. The average Bonchev–Trinajstić information content (AvgIpc) is 4.22. The number of fused-ring (bicyclic) bond motifs is 11. The second-order valence-electron chi connectivity index (χ2n) is 18.8. The molecule has 3 fully saturated rings. The van der Waals surface area contributed by atoms with E-state index in [2.05, 4.69) is 5.32 Å². The van der Waals surface area contributed by atoms with E-state index in [1.54, 1.807) is 12.1 Å². The highest BCUT2D eigenvalue weighted by Gasteiger charge is 2.60. The first-order valence-electron chi connectivity index (χ1n) is 23.4. The Morgan fingerprint density at radius 1 is 0.629 bits per heavy atom. The van der Waals surface area contributed by atoms with Crippen molar-refractivity contribution < 1.29 is 43.0 Å². The van der Waals surface area contributed by atoms with Gasteiger partial charge in [-0.3, -0.25) is 19.2 Å². The lowest BCUT2D eigenvalue weighted by atomic mass is 9.64. The Hall–Kier alpha value is -6.65. The van der Waals surface area contributed by atoms with Gasteiger partial charge in [-0.2, -0.15) is 0 Å². The normalized spacial score (nSPS) is 21.3. The van der Waals surface area contributed by atoms with E-state index in [0.29, 0.717) is 67.9 Å². The highest BCUT2D eigenvalue weighted by Crippen LogP contribution is 2.62. The minimum absolute atomic E-state index is 0.0213. The van der Waals surface area contributed by atoms with Gasteiger partial charge in [0.25, 0.3) is 0 Å². The van der Waals surface area contributed by atoms with Crippen molar-refractivity contribution in [3.8, 4) is 15.5 Å². The van der Waals surface area contributed by atoms with E-state index < -0.39 is 23.6 Å². The molecule has 3 saturated carbocycles. The van der Waals surface area contributed by atoms with Crippen molar-refractivity contribution in [2.24, 2.45) is 28.7 Å². The summed E-state index contributed by atoms with van der Waals surface area (Å²) >= 11 is 5.18. The van der Waals surface area contributed by atoms with Gasteiger partial charge in [-0.25, -0.2) is 14.6 Å². The second kappa shape index (κ2) is 16.8. The van der Waals surface area contributed by atoms with Crippen LogP contribution >= 0.6 is 45.3 Å². The van der Waals surface area contributed by atoms with Crippen LogP contribution in [0.25, 0.3) is 39.3 Å². The van der Waals surface area contributed by atoms with Gasteiger partial charge >= 0.3 is 17.5 Å². The molecule has 4 aliphatic carbocycles. The molecule has 0 amide bonds. The lowest BCUT2D eigenvalue weighted by Gasteiger charge is -2.39. The molecule has 4 aromatic heterocycles. The van der Waals surface area contributed by atoms with Crippen LogP contribution in [0.3, 0.4) is 0 Å². The molecule has 5 aliphatic rings. The van der Waals surface area contributed by atoms with Crippen LogP contribution in [0.2, 0.25) is 0 Å². The third-order valence-corrected chi connectivity index (χ3v) is 19.5. The fraction of sp³-hybridized carbons (Fsp3) is 0.255. The van der Waals surface area contributed by atoms with Crippen LogP contribution in [0.5, 0.6) is 5.75 Å². The average molecular weight is 1000 g/mol. The molecule has 0 spiro atoms. The van der Waals surface area contributed by atoms with Crippen molar-refractivity contribution in [1.29, 1.82) is 0 Å². The number of ether oxygens (including phenoxy) is 3. The van der Waals surface area contributed by atoms with Crippen LogP contribution in [0.1, 0.15) is 75.9 Å². The maximum absolute atomic E-state index is 15.2. The number of rotatable bonds is 9. The van der Waals surface area contributed by atoms with Crippen LogP contribution < -0.4 is 10.1 Å². The number of ketones is 4. The van der Waals surface area contributed by atoms with Gasteiger partial charge < -0.3 is 19.5 Å². The van der Waals surface area contributed by atoms with Gasteiger partial charge in [0.15, 0.2) is 40.6 Å². The van der Waals surface area contributed by atoms with Gasteiger partial charge in [0, 0.05) is 27.7 Å². The molecule has 70 heavy (non-hydrogen) atoms. The van der Waals surface area contributed by atoms with Crippen molar-refractivity contribution in [1.82, 2.24) is 0 Å². The molecule has 4 atom stereocenters. The number of nitrogens with zero attached hydrogens (tertiary/aromatic N) is 1. The first-order chi connectivity index (χ1) is 34.1. The van der Waals surface area contributed by atoms with Crippen LogP contribution in [0.4, 0.5) is 10.0 Å². The van der Waals surface area contributed by atoms with Gasteiger partial charge in [0.2, 0.25) is 0 Å². The van der Waals surface area contributed by atoms with Crippen molar-refractivity contribution >= 4 is 126 Å². The Bertz CT molecular complexity index is 3440. The zero-order valence-corrected chi connectivity index (χ0v) is 40.5. The molecule has 348 valence electrons. The number of Topliss-reactive ketones (excluding diaryl/α,β-unsaturated/α-hetero) is 4. The first kappa shape index (κ1) is 43.4. The van der Waals surface area contributed by atoms with Crippen LogP contribution in [0.15, 0.2) is 114 Å². The summed E-state index contributed by atoms with van der Waals surface area (Å²) in [5.74, 6) is -2.54. The summed E-state index contributed by atoms with van der Waals surface area (Å²) in [4.78, 5) is 92.1. The molecule has 1 aliphatic heterocycles. The van der Waals surface area contributed by atoms with Gasteiger partial charge in [-0.05, 0) is 70.8 Å². The molecule has 4 aromatic carbocycles. The minimum atomic E-state index is -2.49. The van der Waals surface area contributed by atoms with E-state index in [0.717, 1.165) is 54.0 Å². The Balaban J connectivity index is 0.913. The molecule has 5 heterocycles. The van der Waals surface area contributed by atoms with Crippen molar-refractivity contribution in [3.63, 3.8) is 0 Å². The molecule has 1 N–H and O–H groups in total. The molecule has 4 unspecified atom stereocenters. The van der Waals surface area contributed by atoms with Gasteiger partial charge in [-0.15, -0.1) is 45.3 Å². The summed E-state index contributed by atoms with van der Waals surface area (Å²) in [5, 5.41) is 5.86. The summed E-state index contributed by atoms with van der Waals surface area (Å²) in [6.07, 6.45) is 5.95. The Morgan fingerprint density at radius 3 is 1.76 bits per heavy atom. The topological polar surface area (TPSA) is 154 Å². The molecule has 0 radical (unpaired) electrons. The monoisotopic (exact) mass is 1000 g/mol. The Labute approximate surface area is 416 Å². The van der Waals surface area contributed by atoms with E-state index in [1.807, 2.05) is 97.1 Å². The summed E-state index contributed by atoms with van der Waals surface area (Å²) < 4.78 is 21.6. The van der Waals surface area contributed by atoms with E-state index in [-0.39, 0.29) is 65.2 Å². The highest BCUT2D eigenvalue weighted by atomic mass is 32.1. The number of aliphatic imine (C=N–C) groups is 1. The summed E-state index contributed by atoms with van der Waals surface area (Å²) in [6.45, 7) is -0.339. The summed E-state index contributed by atoms with van der Waals surface area (Å²) in [5.41, 5.74) is -0.158. The molecular formula is C55H40N2O9S4. The lowest BCUT2D eigenvalue weighted by molar-refractivity contribution is -0.183. The molecule has 11 nitrogen and oxygen atoms in total. The fourth-order valence-electron chi connectivity index (χ4n) is 11.3. The van der Waals surface area contributed by atoms with Crippen LogP contribution in [-0.2, 0) is 47.5 Å². The molecule has 15 heteroatoms. The second-order valence-corrected chi connectivity index (χ2v) is 23.0. The van der Waals surface area contributed by atoms with Gasteiger partial charge in [0.1, 0.15) is 18.2 Å². The zero-order chi connectivity index (χ0) is 47.4. The van der Waals surface area contributed by atoms with Crippen LogP contribution in [0, 0.1) is 23.7 Å². The number of nitrogens with one attached hydrogen (secondary N) is 1. The van der Waals surface area contributed by atoms with E-state index >= 15 is 9.59 Å². The number of carbonyl (C=O) groups excluding carboxylic acids is 6. The van der Waals surface area contributed by atoms with Gasteiger partial charge in [0.05, 0.1) is 34.4 Å². The molecule has 0 saturated heterocycles. The first-order valence-corrected chi connectivity index (χ1v) is 26.7. The van der Waals surface area contributed by atoms with Gasteiger partial charge in [-0.1, -0.05) is 111 Å². The van der Waals surface area contributed by atoms with E-state index in [1.165, 1.54) is 45.3 Å². The maximum atomic E-state index is 15.2. The van der Waals surface area contributed by atoms with Crippen molar-refractivity contribution in [2.45, 2.75) is 63.4 Å². The maximum Gasteiger partial charge on any atom is 0.367 e. The number of thiophene rings is 4. The number of benzene rings is 4. The molecular weight excluding hydrogens is 961 g/mol. The van der Waals surface area contributed by atoms with Crippen LogP contribution in [-0.4, -0.2) is 46.8 Å². The number of anilines is 1. The largest absolute Gasteiger partial charge is 0.457 e. The quantitative estimate of drug-likeness (QED) is 0.109. The summed E-state index contributed by atoms with van der Waals surface area (Å²) in [6, 6.07) is 31.9. The number of carbonyl (C=O) groups is 6. The van der Waals surface area contributed by atoms with E-state index in [9.17, 15) is 19.2 Å². The number of esters is 2. The summed E-state index contributed by atoms with van der Waals surface area (Å²) in [7, 11) is 0. The Morgan fingerprint density at radius 2 is 1.17 bits per heavy atom. The third kappa shape index (κ3) is 6.87.